The molecule has 0 fully saturated rings. The zero-order valence-corrected chi connectivity index (χ0v) is 32.1. The Bertz CT molecular complexity index is 3480. The van der Waals surface area contributed by atoms with Gasteiger partial charge < -0.3 is 13.9 Å². The maximum Gasteiger partial charge on any atom is 0.136 e. The monoisotopic (exact) mass is 752 g/mol. The highest BCUT2D eigenvalue weighted by Crippen LogP contribution is 2.41. The average molecular weight is 753 g/mol. The van der Waals surface area contributed by atoms with Crippen LogP contribution in [0.5, 0.6) is 0 Å². The number of para-hydroxylation sites is 3. The SMILES string of the molecule is c1ccc2c(c1)ccc1cc(N(c3ccc(-c4ccc(-c5cccc6oc7ccccc7c56)cc4)cc3)c3ccc(-n4c5ccccc5c5ccccc54)cc3)ccc12. The fraction of sp³-hybridized carbons (Fsp3) is 0. The third kappa shape index (κ3) is 5.44. The summed E-state index contributed by atoms with van der Waals surface area (Å²) in [5.41, 5.74) is 13.3. The van der Waals surface area contributed by atoms with E-state index in [0.29, 0.717) is 0 Å². The van der Waals surface area contributed by atoms with E-state index in [2.05, 4.69) is 216 Å². The van der Waals surface area contributed by atoms with Gasteiger partial charge in [-0.3, -0.25) is 0 Å². The van der Waals surface area contributed by atoms with E-state index in [0.717, 1.165) is 44.7 Å². The Labute approximate surface area is 341 Å². The van der Waals surface area contributed by atoms with Crippen LogP contribution in [0.4, 0.5) is 17.1 Å². The van der Waals surface area contributed by atoms with Crippen LogP contribution in [0, 0.1) is 0 Å². The first-order valence-electron chi connectivity index (χ1n) is 20.2. The van der Waals surface area contributed by atoms with Crippen LogP contribution < -0.4 is 4.90 Å². The quantitative estimate of drug-likeness (QED) is 0.158. The van der Waals surface area contributed by atoms with E-state index in [1.54, 1.807) is 0 Å². The molecule has 0 radical (unpaired) electrons. The third-order valence-corrected chi connectivity index (χ3v) is 12.0. The second-order valence-corrected chi connectivity index (χ2v) is 15.3. The smallest absolute Gasteiger partial charge is 0.136 e. The lowest BCUT2D eigenvalue weighted by molar-refractivity contribution is 0.669. The summed E-state index contributed by atoms with van der Waals surface area (Å²) in [6, 6.07) is 78.8. The van der Waals surface area contributed by atoms with Gasteiger partial charge in [0.15, 0.2) is 0 Å². The second-order valence-electron chi connectivity index (χ2n) is 15.3. The summed E-state index contributed by atoms with van der Waals surface area (Å²) >= 11 is 0. The summed E-state index contributed by atoms with van der Waals surface area (Å²) in [4.78, 5) is 2.37. The number of hydrogen-bond acceptors (Lipinski definition) is 2. The highest BCUT2D eigenvalue weighted by atomic mass is 16.3. The summed E-state index contributed by atoms with van der Waals surface area (Å²) in [5, 5.41) is 9.80. The molecule has 0 spiro atoms. The Morgan fingerprint density at radius 2 is 0.864 bits per heavy atom. The highest BCUT2D eigenvalue weighted by molar-refractivity contribution is 6.13. The van der Waals surface area contributed by atoms with Crippen molar-refractivity contribution in [3.63, 3.8) is 0 Å². The van der Waals surface area contributed by atoms with E-state index < -0.39 is 0 Å². The van der Waals surface area contributed by atoms with Crippen LogP contribution in [0.25, 0.3) is 93.2 Å². The molecular weight excluding hydrogens is 717 g/mol. The molecule has 0 N–H and O–H groups in total. The van der Waals surface area contributed by atoms with Gasteiger partial charge in [0, 0.05) is 44.3 Å². The van der Waals surface area contributed by atoms with Gasteiger partial charge in [-0.25, -0.2) is 0 Å². The number of rotatable bonds is 6. The van der Waals surface area contributed by atoms with Gasteiger partial charge in [-0.1, -0.05) is 146 Å². The van der Waals surface area contributed by atoms with Gasteiger partial charge in [-0.2, -0.15) is 0 Å². The minimum atomic E-state index is 0.911. The molecule has 0 aliphatic rings. The molecule has 10 aromatic carbocycles. The van der Waals surface area contributed by atoms with Crippen LogP contribution in [0.2, 0.25) is 0 Å². The number of furan rings is 1. The zero-order chi connectivity index (χ0) is 38.9. The van der Waals surface area contributed by atoms with Crippen molar-refractivity contribution in [1.29, 1.82) is 0 Å². The van der Waals surface area contributed by atoms with Crippen LogP contribution >= 0.6 is 0 Å². The number of hydrogen-bond donors (Lipinski definition) is 0. The van der Waals surface area contributed by atoms with E-state index in [-0.39, 0.29) is 0 Å². The number of fused-ring (bicyclic) bond motifs is 9. The van der Waals surface area contributed by atoms with Crippen molar-refractivity contribution in [2.75, 3.05) is 4.90 Å². The normalized spacial score (nSPS) is 11.7. The van der Waals surface area contributed by atoms with Crippen molar-refractivity contribution in [1.82, 2.24) is 4.57 Å². The van der Waals surface area contributed by atoms with Gasteiger partial charge in [0.05, 0.1) is 11.0 Å². The Morgan fingerprint density at radius 3 is 1.59 bits per heavy atom. The lowest BCUT2D eigenvalue weighted by Crippen LogP contribution is -2.10. The molecule has 59 heavy (non-hydrogen) atoms. The number of benzene rings is 10. The molecule has 0 aliphatic heterocycles. The minimum Gasteiger partial charge on any atom is -0.456 e. The van der Waals surface area contributed by atoms with Gasteiger partial charge >= 0.3 is 0 Å². The van der Waals surface area contributed by atoms with Gasteiger partial charge in [0.25, 0.3) is 0 Å². The van der Waals surface area contributed by atoms with Gasteiger partial charge in [0.2, 0.25) is 0 Å². The molecule has 0 amide bonds. The molecule has 0 atom stereocenters. The Balaban J connectivity index is 0.934. The molecule has 3 heteroatoms. The van der Waals surface area contributed by atoms with Crippen molar-refractivity contribution in [3.8, 4) is 27.9 Å². The van der Waals surface area contributed by atoms with Crippen molar-refractivity contribution < 1.29 is 4.42 Å². The predicted octanol–water partition coefficient (Wildman–Crippen LogP) is 15.8. The Morgan fingerprint density at radius 1 is 0.339 bits per heavy atom. The van der Waals surface area contributed by atoms with E-state index in [1.807, 2.05) is 12.1 Å². The molecule has 12 rings (SSSR count). The summed E-state index contributed by atoms with van der Waals surface area (Å²) < 4.78 is 8.56. The molecule has 3 nitrogen and oxygen atoms in total. The molecule has 0 unspecified atom stereocenters. The van der Waals surface area contributed by atoms with Gasteiger partial charge in [0.1, 0.15) is 11.2 Å². The minimum absolute atomic E-state index is 0.911. The third-order valence-electron chi connectivity index (χ3n) is 12.0. The van der Waals surface area contributed by atoms with E-state index in [1.165, 1.54) is 65.6 Å². The molecular formula is C56H36N2O. The van der Waals surface area contributed by atoms with Crippen LogP contribution in [-0.4, -0.2) is 4.57 Å². The van der Waals surface area contributed by atoms with Crippen molar-refractivity contribution >= 4 is 82.4 Å². The number of anilines is 3. The van der Waals surface area contributed by atoms with Gasteiger partial charge in [-0.15, -0.1) is 0 Å². The first-order chi connectivity index (χ1) is 29.2. The van der Waals surface area contributed by atoms with Crippen LogP contribution in [0.3, 0.4) is 0 Å². The topological polar surface area (TPSA) is 21.3 Å². The molecule has 0 aliphatic carbocycles. The molecule has 276 valence electrons. The highest BCUT2D eigenvalue weighted by Gasteiger charge is 2.17. The predicted molar refractivity (Wildman–Crippen MR) is 249 cm³/mol. The first kappa shape index (κ1) is 33.3. The lowest BCUT2D eigenvalue weighted by atomic mass is 9.97. The molecule has 2 heterocycles. The van der Waals surface area contributed by atoms with Crippen molar-refractivity contribution in [2.45, 2.75) is 0 Å². The molecule has 2 aromatic heterocycles. The summed E-state index contributed by atoms with van der Waals surface area (Å²) in [7, 11) is 0. The lowest BCUT2D eigenvalue weighted by Gasteiger charge is -2.26. The van der Waals surface area contributed by atoms with Crippen LogP contribution in [-0.2, 0) is 0 Å². The second kappa shape index (κ2) is 13.4. The summed E-state index contributed by atoms with van der Waals surface area (Å²) in [6.45, 7) is 0. The largest absolute Gasteiger partial charge is 0.456 e. The van der Waals surface area contributed by atoms with Crippen molar-refractivity contribution in [3.05, 3.63) is 218 Å². The van der Waals surface area contributed by atoms with E-state index >= 15 is 0 Å². The van der Waals surface area contributed by atoms with Gasteiger partial charge in [-0.05, 0) is 117 Å². The number of nitrogens with zero attached hydrogens (tertiary/aromatic N) is 2. The maximum atomic E-state index is 6.19. The van der Waals surface area contributed by atoms with E-state index in [4.69, 9.17) is 4.42 Å². The summed E-state index contributed by atoms with van der Waals surface area (Å²) in [5.74, 6) is 0. The zero-order valence-electron chi connectivity index (χ0n) is 32.1. The standard InChI is InChI=1S/C56H36N2O/c1-2-11-46-39(10-1)24-25-41-36-45(34-35-47(41)46)57(43-30-32-44(33-31-43)58-52-16-6-3-12-49(52)50-13-4-7-17-53(50)58)42-28-26-38(27-29-42)37-20-22-40(23-21-37)48-15-9-19-55-56(48)51-14-5-8-18-54(51)59-55/h1-36H. The van der Waals surface area contributed by atoms with Crippen molar-refractivity contribution in [2.24, 2.45) is 0 Å². The number of aromatic nitrogens is 1. The molecule has 0 saturated carbocycles. The Hall–Kier alpha value is -7.88. The maximum absolute atomic E-state index is 6.19. The Kier molecular flexibility index (Phi) is 7.54. The molecule has 0 saturated heterocycles. The van der Waals surface area contributed by atoms with Crippen LogP contribution in [0.1, 0.15) is 0 Å². The van der Waals surface area contributed by atoms with Crippen LogP contribution in [0.15, 0.2) is 223 Å². The average Bonchev–Trinajstić information content (AvgIpc) is 3.86. The first-order valence-corrected chi connectivity index (χ1v) is 20.2. The molecule has 12 aromatic rings. The fourth-order valence-electron chi connectivity index (χ4n) is 9.20. The molecule has 0 bridgehead atoms. The van der Waals surface area contributed by atoms with E-state index in [9.17, 15) is 0 Å². The fourth-order valence-corrected chi connectivity index (χ4v) is 9.20. The summed E-state index contributed by atoms with van der Waals surface area (Å²) in [6.07, 6.45) is 0.